The van der Waals surface area contributed by atoms with Crippen molar-refractivity contribution in [3.63, 3.8) is 0 Å². The number of aliphatic hydroxyl groups is 1. The second kappa shape index (κ2) is 12.4. The molecule has 1 amide bonds. The Morgan fingerprint density at radius 1 is 1.16 bits per heavy atom. The van der Waals surface area contributed by atoms with Gasteiger partial charge in [-0.25, -0.2) is 13.1 Å². The quantitative estimate of drug-likeness (QED) is 0.451. The summed E-state index contributed by atoms with van der Waals surface area (Å²) in [6.07, 6.45) is 3.20. The summed E-state index contributed by atoms with van der Waals surface area (Å²) in [4.78, 5) is 16.6. The van der Waals surface area contributed by atoms with E-state index < -0.39 is 21.2 Å². The Morgan fingerprint density at radius 3 is 2.48 bits per heavy atom. The number of unbranched alkanes of at least 4 members (excludes halogenated alkanes) is 1. The highest BCUT2D eigenvalue weighted by molar-refractivity contribution is 7.90. The van der Waals surface area contributed by atoms with Gasteiger partial charge in [-0.05, 0) is 49.6 Å². The van der Waals surface area contributed by atoms with E-state index in [1.165, 1.54) is 12.3 Å². The van der Waals surface area contributed by atoms with Crippen molar-refractivity contribution in [1.82, 2.24) is 9.71 Å². The van der Waals surface area contributed by atoms with Gasteiger partial charge in [0.05, 0.1) is 24.5 Å². The van der Waals surface area contributed by atoms with Crippen LogP contribution in [0.15, 0.2) is 42.6 Å². The maximum atomic E-state index is 12.9. The highest BCUT2D eigenvalue weighted by Gasteiger charge is 2.29. The van der Waals surface area contributed by atoms with Crippen molar-refractivity contribution >= 4 is 15.9 Å². The van der Waals surface area contributed by atoms with Gasteiger partial charge >= 0.3 is 0 Å². The van der Waals surface area contributed by atoms with Crippen LogP contribution in [0.5, 0.6) is 5.75 Å². The van der Waals surface area contributed by atoms with Crippen LogP contribution in [0.1, 0.15) is 60.0 Å². The minimum absolute atomic E-state index is 0.0514. The van der Waals surface area contributed by atoms with Crippen LogP contribution >= 0.6 is 0 Å². The Hall–Kier alpha value is -2.49. The number of carbonyl (C=O) groups is 1. The third-order valence-corrected chi connectivity index (χ3v) is 6.29. The summed E-state index contributed by atoms with van der Waals surface area (Å²) >= 11 is 0. The molecule has 0 aliphatic heterocycles. The first kappa shape index (κ1) is 24.8. The van der Waals surface area contributed by atoms with Crippen LogP contribution in [0.3, 0.4) is 0 Å². The zero-order chi connectivity index (χ0) is 22.7. The molecular formula is C22H30N2O6S. The van der Waals surface area contributed by atoms with Crippen LogP contribution in [-0.2, 0) is 21.4 Å². The maximum Gasteiger partial charge on any atom is 0.266 e. The summed E-state index contributed by atoms with van der Waals surface area (Å²) in [5.41, 5.74) is 1.22. The Kier molecular flexibility index (Phi) is 9.90. The van der Waals surface area contributed by atoms with Gasteiger partial charge in [-0.15, -0.1) is 0 Å². The van der Waals surface area contributed by atoms with Gasteiger partial charge < -0.3 is 14.6 Å². The number of rotatable bonds is 13. The van der Waals surface area contributed by atoms with Crippen LogP contribution in [0, 0.1) is 0 Å². The number of pyridine rings is 1. The molecule has 2 rings (SSSR count). The number of aromatic nitrogens is 1. The third kappa shape index (κ3) is 7.61. The van der Waals surface area contributed by atoms with Crippen LogP contribution < -0.4 is 9.46 Å². The maximum absolute atomic E-state index is 12.9. The average molecular weight is 451 g/mol. The number of carbonyl (C=O) groups excluding carboxylic acids is 1. The third-order valence-electron chi connectivity index (χ3n) is 4.56. The molecule has 0 bridgehead atoms. The first-order valence-electron chi connectivity index (χ1n) is 10.3. The molecule has 0 fully saturated rings. The van der Waals surface area contributed by atoms with Gasteiger partial charge in [-0.1, -0.05) is 25.5 Å². The molecule has 1 unspecified atom stereocenters. The average Bonchev–Trinajstić information content (AvgIpc) is 2.77. The first-order chi connectivity index (χ1) is 14.9. The van der Waals surface area contributed by atoms with E-state index in [-0.39, 0.29) is 18.6 Å². The monoisotopic (exact) mass is 450 g/mol. The van der Waals surface area contributed by atoms with Gasteiger partial charge in [0, 0.05) is 19.4 Å². The lowest BCUT2D eigenvalue weighted by Crippen LogP contribution is -2.35. The van der Waals surface area contributed by atoms with Crippen LogP contribution in [0.4, 0.5) is 0 Å². The Balaban J connectivity index is 2.11. The van der Waals surface area contributed by atoms with Crippen molar-refractivity contribution in [2.24, 2.45) is 0 Å². The van der Waals surface area contributed by atoms with Crippen molar-refractivity contribution in [2.75, 3.05) is 19.8 Å². The molecule has 0 saturated heterocycles. The van der Waals surface area contributed by atoms with Crippen molar-refractivity contribution in [3.05, 3.63) is 59.4 Å². The molecule has 0 radical (unpaired) electrons. The number of sulfonamides is 1. The highest BCUT2D eigenvalue weighted by atomic mass is 32.2. The Morgan fingerprint density at radius 2 is 1.90 bits per heavy atom. The fraction of sp³-hybridized carbons (Fsp3) is 0.455. The standard InChI is InChI=1S/C22H30N2O6S/c1-3-5-14-30-20-10-7-17(8-11-20)21(12-13-25)31(27,28)24-22(26)18-6-9-19(23-15-18)16-29-4-2/h6-11,15,21,25H,3-5,12-14,16H2,1-2H3,(H,24,26). The molecular weight excluding hydrogens is 420 g/mol. The van der Waals surface area contributed by atoms with E-state index in [1.807, 2.05) is 6.92 Å². The highest BCUT2D eigenvalue weighted by Crippen LogP contribution is 2.27. The largest absolute Gasteiger partial charge is 0.494 e. The normalized spacial score (nSPS) is 12.4. The SMILES string of the molecule is CCCCOc1ccc(C(CCO)S(=O)(=O)NC(=O)c2ccc(COCC)nc2)cc1. The minimum Gasteiger partial charge on any atom is -0.494 e. The van der Waals surface area contributed by atoms with Gasteiger partial charge in [0.15, 0.2) is 0 Å². The van der Waals surface area contributed by atoms with Gasteiger partial charge in [-0.2, -0.15) is 0 Å². The number of ether oxygens (including phenoxy) is 2. The van der Waals surface area contributed by atoms with Crippen molar-refractivity contribution in [1.29, 1.82) is 0 Å². The molecule has 1 atom stereocenters. The molecule has 1 heterocycles. The lowest BCUT2D eigenvalue weighted by atomic mass is 10.1. The molecule has 2 aromatic rings. The number of amides is 1. The van der Waals surface area contributed by atoms with E-state index >= 15 is 0 Å². The predicted octanol–water partition coefficient (Wildman–Crippen LogP) is 2.98. The fourth-order valence-corrected chi connectivity index (χ4v) is 4.29. The van der Waals surface area contributed by atoms with E-state index in [4.69, 9.17) is 9.47 Å². The summed E-state index contributed by atoms with van der Waals surface area (Å²) in [6.45, 7) is 5.02. The lowest BCUT2D eigenvalue weighted by molar-refractivity contribution is 0.0980. The van der Waals surface area contributed by atoms with Crippen LogP contribution in [0.25, 0.3) is 0 Å². The van der Waals surface area contributed by atoms with Crippen molar-refractivity contribution in [3.8, 4) is 5.75 Å². The first-order valence-corrected chi connectivity index (χ1v) is 11.9. The molecule has 0 aliphatic rings. The van der Waals surface area contributed by atoms with E-state index in [0.29, 0.717) is 36.8 Å². The molecule has 0 saturated carbocycles. The zero-order valence-corrected chi connectivity index (χ0v) is 18.7. The fourth-order valence-electron chi connectivity index (χ4n) is 2.84. The van der Waals surface area contributed by atoms with Crippen molar-refractivity contribution in [2.45, 2.75) is 45.0 Å². The smallest absolute Gasteiger partial charge is 0.266 e. The number of hydrogen-bond donors (Lipinski definition) is 2. The van der Waals surface area contributed by atoms with Gasteiger partial charge in [0.2, 0.25) is 10.0 Å². The zero-order valence-electron chi connectivity index (χ0n) is 17.9. The van der Waals surface area contributed by atoms with Crippen molar-refractivity contribution < 1.29 is 27.8 Å². The summed E-state index contributed by atoms with van der Waals surface area (Å²) in [5.74, 6) is -0.141. The molecule has 8 nitrogen and oxygen atoms in total. The minimum atomic E-state index is -4.10. The van der Waals surface area contributed by atoms with E-state index in [9.17, 15) is 18.3 Å². The van der Waals surface area contributed by atoms with E-state index in [0.717, 1.165) is 12.8 Å². The molecule has 0 aliphatic carbocycles. The Labute approximate surface area is 183 Å². The molecule has 1 aromatic heterocycles. The van der Waals surface area contributed by atoms with E-state index in [2.05, 4.69) is 16.6 Å². The molecule has 2 N–H and O–H groups in total. The molecule has 1 aromatic carbocycles. The molecule has 0 spiro atoms. The summed E-state index contributed by atoms with van der Waals surface area (Å²) in [5, 5.41) is 8.30. The van der Waals surface area contributed by atoms with Gasteiger partial charge in [0.25, 0.3) is 5.91 Å². The number of benzene rings is 1. The molecule has 31 heavy (non-hydrogen) atoms. The number of nitrogens with one attached hydrogen (secondary N) is 1. The van der Waals surface area contributed by atoms with Gasteiger partial charge in [-0.3, -0.25) is 9.78 Å². The Bertz CT molecular complexity index is 914. The van der Waals surface area contributed by atoms with Crippen LogP contribution in [0.2, 0.25) is 0 Å². The topological polar surface area (TPSA) is 115 Å². The summed E-state index contributed by atoms with van der Waals surface area (Å²) in [6, 6.07) is 9.75. The summed E-state index contributed by atoms with van der Waals surface area (Å²) < 4.78 is 38.7. The molecule has 9 heteroatoms. The van der Waals surface area contributed by atoms with E-state index in [1.54, 1.807) is 30.3 Å². The van der Waals surface area contributed by atoms with Gasteiger partial charge in [0.1, 0.15) is 11.0 Å². The number of aliphatic hydroxyl groups excluding tert-OH is 1. The lowest BCUT2D eigenvalue weighted by Gasteiger charge is -2.18. The second-order valence-electron chi connectivity index (χ2n) is 6.92. The number of nitrogens with zero attached hydrogens (tertiary/aromatic N) is 1. The van der Waals surface area contributed by atoms with Crippen LogP contribution in [-0.4, -0.2) is 44.2 Å². The number of hydrogen-bond acceptors (Lipinski definition) is 7. The predicted molar refractivity (Wildman–Crippen MR) is 117 cm³/mol. The molecule has 170 valence electrons. The second-order valence-corrected chi connectivity index (χ2v) is 8.79. The summed E-state index contributed by atoms with van der Waals surface area (Å²) in [7, 11) is -4.10.